The maximum Gasteiger partial charge on any atom is 0.106 e. The number of hydrogen-bond donors (Lipinski definition) is 2. The van der Waals surface area contributed by atoms with Gasteiger partial charge < -0.3 is 10.1 Å². The van der Waals surface area contributed by atoms with Crippen LogP contribution >= 0.6 is 0 Å². The van der Waals surface area contributed by atoms with Crippen LogP contribution in [0.3, 0.4) is 0 Å². The molecular weight excluding hydrogens is 140 g/mol. The Morgan fingerprint density at radius 1 is 1.64 bits per heavy atom. The van der Waals surface area contributed by atoms with E-state index in [9.17, 15) is 0 Å². The molecule has 2 N–H and O–H groups in total. The molecule has 11 heavy (non-hydrogen) atoms. The van der Waals surface area contributed by atoms with E-state index in [2.05, 4.69) is 23.8 Å². The monoisotopic (exact) mass is 154 g/mol. The average molecular weight is 154 g/mol. The van der Waals surface area contributed by atoms with E-state index in [0.717, 1.165) is 17.9 Å². The van der Waals surface area contributed by atoms with Crippen molar-refractivity contribution in [2.24, 2.45) is 5.92 Å². The summed E-state index contributed by atoms with van der Waals surface area (Å²) >= 11 is 0. The highest BCUT2D eigenvalue weighted by atomic mass is 16.3. The van der Waals surface area contributed by atoms with Crippen LogP contribution in [0.2, 0.25) is 0 Å². The molecule has 0 saturated heterocycles. The molecule has 0 aliphatic rings. The maximum absolute atomic E-state index is 8.71. The van der Waals surface area contributed by atoms with Gasteiger partial charge in [-0.15, -0.1) is 0 Å². The summed E-state index contributed by atoms with van der Waals surface area (Å²) in [6.07, 6.45) is 2.62. The van der Waals surface area contributed by atoms with E-state index in [1.54, 1.807) is 6.20 Å². The highest BCUT2D eigenvalue weighted by Gasteiger charge is 2.01. The molecule has 62 valence electrons. The van der Waals surface area contributed by atoms with Crippen molar-refractivity contribution < 1.29 is 5.11 Å². The van der Waals surface area contributed by atoms with Gasteiger partial charge in [0, 0.05) is 6.42 Å². The SMILES string of the molecule is CC(C)Cc1ncc(CO)[nH]1. The lowest BCUT2D eigenvalue weighted by molar-refractivity contribution is 0.277. The molecule has 1 rings (SSSR count). The minimum Gasteiger partial charge on any atom is -0.390 e. The van der Waals surface area contributed by atoms with Crippen LogP contribution in [0.4, 0.5) is 0 Å². The minimum absolute atomic E-state index is 0.0467. The Hall–Kier alpha value is -0.830. The molecule has 1 heterocycles. The quantitative estimate of drug-likeness (QED) is 0.685. The fourth-order valence-electron chi connectivity index (χ4n) is 0.977. The number of aromatic nitrogens is 2. The van der Waals surface area contributed by atoms with Crippen molar-refractivity contribution in [2.75, 3.05) is 0 Å². The average Bonchev–Trinajstić information content (AvgIpc) is 2.34. The van der Waals surface area contributed by atoms with E-state index in [0.29, 0.717) is 5.92 Å². The van der Waals surface area contributed by atoms with Crippen molar-refractivity contribution in [1.29, 1.82) is 0 Å². The van der Waals surface area contributed by atoms with E-state index < -0.39 is 0 Å². The first-order chi connectivity index (χ1) is 5.22. The van der Waals surface area contributed by atoms with Crippen molar-refractivity contribution in [3.63, 3.8) is 0 Å². The smallest absolute Gasteiger partial charge is 0.106 e. The fraction of sp³-hybridized carbons (Fsp3) is 0.625. The molecule has 0 radical (unpaired) electrons. The zero-order valence-corrected chi connectivity index (χ0v) is 6.96. The fourth-order valence-corrected chi connectivity index (χ4v) is 0.977. The maximum atomic E-state index is 8.71. The first-order valence-electron chi connectivity index (χ1n) is 3.86. The zero-order chi connectivity index (χ0) is 8.27. The summed E-state index contributed by atoms with van der Waals surface area (Å²) < 4.78 is 0. The van der Waals surface area contributed by atoms with Gasteiger partial charge in [0.15, 0.2) is 0 Å². The second-order valence-electron chi connectivity index (χ2n) is 3.11. The van der Waals surface area contributed by atoms with Gasteiger partial charge in [-0.2, -0.15) is 0 Å². The number of imidazole rings is 1. The summed E-state index contributed by atoms with van der Waals surface area (Å²) in [6, 6.07) is 0. The summed E-state index contributed by atoms with van der Waals surface area (Å²) in [5.74, 6) is 1.57. The first kappa shape index (κ1) is 8.27. The predicted octanol–water partition coefficient (Wildman–Crippen LogP) is 1.10. The molecule has 0 unspecified atom stereocenters. The van der Waals surface area contributed by atoms with E-state index in [1.165, 1.54) is 0 Å². The Morgan fingerprint density at radius 2 is 2.36 bits per heavy atom. The van der Waals surface area contributed by atoms with Crippen LogP contribution in [0.5, 0.6) is 0 Å². The van der Waals surface area contributed by atoms with Crippen LogP contribution in [0.1, 0.15) is 25.4 Å². The van der Waals surface area contributed by atoms with Crippen LogP contribution in [-0.4, -0.2) is 15.1 Å². The van der Waals surface area contributed by atoms with Gasteiger partial charge in [0.1, 0.15) is 5.82 Å². The second-order valence-corrected chi connectivity index (χ2v) is 3.11. The first-order valence-corrected chi connectivity index (χ1v) is 3.86. The number of aliphatic hydroxyl groups is 1. The summed E-state index contributed by atoms with van der Waals surface area (Å²) in [4.78, 5) is 7.14. The molecule has 0 atom stereocenters. The van der Waals surface area contributed by atoms with Gasteiger partial charge in [-0.05, 0) is 5.92 Å². The zero-order valence-electron chi connectivity index (χ0n) is 6.96. The standard InChI is InChI=1S/C8H14N2O/c1-6(2)3-8-9-4-7(5-11)10-8/h4,6,11H,3,5H2,1-2H3,(H,9,10). The van der Waals surface area contributed by atoms with Gasteiger partial charge in [-0.25, -0.2) is 4.98 Å². The molecule has 0 fully saturated rings. The van der Waals surface area contributed by atoms with Crippen LogP contribution in [0.15, 0.2) is 6.20 Å². The molecule has 0 amide bonds. The lowest BCUT2D eigenvalue weighted by Gasteiger charge is -1.98. The highest BCUT2D eigenvalue weighted by molar-refractivity contribution is 4.99. The van der Waals surface area contributed by atoms with Gasteiger partial charge >= 0.3 is 0 Å². The molecule has 1 aromatic rings. The van der Waals surface area contributed by atoms with E-state index >= 15 is 0 Å². The van der Waals surface area contributed by atoms with Gasteiger partial charge in [0.05, 0.1) is 18.5 Å². The lowest BCUT2D eigenvalue weighted by Crippen LogP contribution is -1.96. The number of aromatic amines is 1. The van der Waals surface area contributed by atoms with Crippen molar-refractivity contribution >= 4 is 0 Å². The largest absolute Gasteiger partial charge is 0.390 e. The van der Waals surface area contributed by atoms with Crippen LogP contribution < -0.4 is 0 Å². The molecule has 0 bridgehead atoms. The molecule has 3 heteroatoms. The lowest BCUT2D eigenvalue weighted by atomic mass is 10.1. The number of H-pyrrole nitrogens is 1. The van der Waals surface area contributed by atoms with E-state index in [-0.39, 0.29) is 6.61 Å². The van der Waals surface area contributed by atoms with E-state index in [4.69, 9.17) is 5.11 Å². The molecule has 0 spiro atoms. The summed E-state index contributed by atoms with van der Waals surface area (Å²) in [6.45, 7) is 4.33. The number of aliphatic hydroxyl groups excluding tert-OH is 1. The molecular formula is C8H14N2O. The normalized spacial score (nSPS) is 10.9. The Morgan fingerprint density at radius 3 is 2.82 bits per heavy atom. The topological polar surface area (TPSA) is 48.9 Å². The Kier molecular flexibility index (Phi) is 2.65. The van der Waals surface area contributed by atoms with Crippen molar-refractivity contribution in [1.82, 2.24) is 9.97 Å². The second kappa shape index (κ2) is 3.53. The van der Waals surface area contributed by atoms with Crippen molar-refractivity contribution in [2.45, 2.75) is 26.9 Å². The number of nitrogens with one attached hydrogen (secondary N) is 1. The number of rotatable bonds is 3. The highest BCUT2D eigenvalue weighted by Crippen LogP contribution is 2.03. The van der Waals surface area contributed by atoms with Gasteiger partial charge in [-0.3, -0.25) is 0 Å². The van der Waals surface area contributed by atoms with E-state index in [1.807, 2.05) is 0 Å². The third kappa shape index (κ3) is 2.35. The van der Waals surface area contributed by atoms with Gasteiger partial charge in [-0.1, -0.05) is 13.8 Å². The molecule has 3 nitrogen and oxygen atoms in total. The Bertz CT molecular complexity index is 218. The molecule has 0 saturated carbocycles. The minimum atomic E-state index is 0.0467. The summed E-state index contributed by atoms with van der Waals surface area (Å²) in [7, 11) is 0. The van der Waals surface area contributed by atoms with Crippen LogP contribution in [0.25, 0.3) is 0 Å². The third-order valence-electron chi connectivity index (χ3n) is 1.45. The number of hydrogen-bond acceptors (Lipinski definition) is 2. The Balaban J connectivity index is 2.58. The Labute approximate surface area is 66.5 Å². The van der Waals surface area contributed by atoms with Crippen LogP contribution in [0, 0.1) is 5.92 Å². The molecule has 0 aliphatic carbocycles. The van der Waals surface area contributed by atoms with Crippen molar-refractivity contribution in [3.05, 3.63) is 17.7 Å². The van der Waals surface area contributed by atoms with Crippen molar-refractivity contribution in [3.8, 4) is 0 Å². The van der Waals surface area contributed by atoms with Gasteiger partial charge in [0.2, 0.25) is 0 Å². The third-order valence-corrected chi connectivity index (χ3v) is 1.45. The van der Waals surface area contributed by atoms with Gasteiger partial charge in [0.25, 0.3) is 0 Å². The summed E-state index contributed by atoms with van der Waals surface area (Å²) in [5.41, 5.74) is 0.792. The molecule has 0 aliphatic heterocycles. The summed E-state index contributed by atoms with van der Waals surface area (Å²) in [5, 5.41) is 8.71. The molecule has 1 aromatic heterocycles. The molecule has 0 aromatic carbocycles. The number of nitrogens with zero attached hydrogens (tertiary/aromatic N) is 1. The predicted molar refractivity (Wildman–Crippen MR) is 43.1 cm³/mol. The van der Waals surface area contributed by atoms with Crippen LogP contribution in [-0.2, 0) is 13.0 Å².